The molecule has 2 aromatic rings. The molecule has 0 saturated heterocycles. The quantitative estimate of drug-likeness (QED) is 0.879. The summed E-state index contributed by atoms with van der Waals surface area (Å²) in [7, 11) is 0. The lowest BCUT2D eigenvalue weighted by atomic mass is 10.2. The minimum Gasteiger partial charge on any atom is -0.415 e. The number of thioether (sulfide) groups is 1. The van der Waals surface area contributed by atoms with Crippen molar-refractivity contribution in [1.29, 1.82) is 0 Å². The molecule has 6 heteroatoms. The summed E-state index contributed by atoms with van der Waals surface area (Å²) in [5.74, 6) is 1.27. The second-order valence-corrected chi connectivity index (χ2v) is 4.93. The summed E-state index contributed by atoms with van der Waals surface area (Å²) in [5, 5.41) is 8.23. The number of aromatic nitrogens is 2. The van der Waals surface area contributed by atoms with E-state index in [-0.39, 0.29) is 6.54 Å². The van der Waals surface area contributed by atoms with Crippen LogP contribution >= 0.6 is 27.7 Å². The number of hydrogen-bond acceptors (Lipinski definition) is 5. The zero-order valence-electron chi connectivity index (χ0n) is 8.39. The molecule has 0 unspecified atom stereocenters. The van der Waals surface area contributed by atoms with Crippen LogP contribution in [-0.2, 0) is 12.3 Å². The molecule has 16 heavy (non-hydrogen) atoms. The summed E-state index contributed by atoms with van der Waals surface area (Å²) in [6, 6.07) is 8.11. The Hall–Kier alpha value is -0.850. The van der Waals surface area contributed by atoms with Crippen LogP contribution < -0.4 is 5.73 Å². The highest BCUT2D eigenvalue weighted by Gasteiger charge is 2.05. The van der Waals surface area contributed by atoms with Gasteiger partial charge < -0.3 is 10.2 Å². The normalized spacial score (nSPS) is 10.6. The van der Waals surface area contributed by atoms with Crippen LogP contribution in [0.5, 0.6) is 0 Å². The third-order valence-corrected chi connectivity index (χ3v) is 3.26. The fourth-order valence-electron chi connectivity index (χ4n) is 1.15. The molecule has 1 aromatic heterocycles. The SMILES string of the molecule is NCc1nnc(SCc2cccc(Br)c2)o1. The Balaban J connectivity index is 1.96. The van der Waals surface area contributed by atoms with Gasteiger partial charge in [-0.15, -0.1) is 10.2 Å². The molecule has 0 amide bonds. The average molecular weight is 300 g/mol. The van der Waals surface area contributed by atoms with Crippen molar-refractivity contribution in [2.24, 2.45) is 5.73 Å². The maximum Gasteiger partial charge on any atom is 0.276 e. The third kappa shape index (κ3) is 3.07. The summed E-state index contributed by atoms with van der Waals surface area (Å²) in [5.41, 5.74) is 6.58. The van der Waals surface area contributed by atoms with Gasteiger partial charge in [0.25, 0.3) is 5.22 Å². The van der Waals surface area contributed by atoms with Crippen LogP contribution in [0.2, 0.25) is 0 Å². The topological polar surface area (TPSA) is 64.9 Å². The lowest BCUT2D eigenvalue weighted by molar-refractivity contribution is 0.415. The van der Waals surface area contributed by atoms with Crippen molar-refractivity contribution in [3.05, 3.63) is 40.2 Å². The van der Waals surface area contributed by atoms with Gasteiger partial charge in [0.1, 0.15) is 0 Å². The molecular weight excluding hydrogens is 290 g/mol. The molecule has 4 nitrogen and oxygen atoms in total. The molecule has 1 aromatic carbocycles. The van der Waals surface area contributed by atoms with Crippen molar-refractivity contribution in [2.75, 3.05) is 0 Å². The lowest BCUT2D eigenvalue weighted by Gasteiger charge is -1.98. The molecule has 0 bridgehead atoms. The maximum absolute atomic E-state index is 5.38. The number of rotatable bonds is 4. The summed E-state index contributed by atoms with van der Waals surface area (Å²) in [6.45, 7) is 0.282. The second-order valence-electron chi connectivity index (χ2n) is 3.08. The Labute approximate surface area is 106 Å². The molecule has 2 rings (SSSR count). The molecule has 0 radical (unpaired) electrons. The van der Waals surface area contributed by atoms with E-state index in [4.69, 9.17) is 10.2 Å². The van der Waals surface area contributed by atoms with Crippen LogP contribution in [0.15, 0.2) is 38.4 Å². The fourth-order valence-corrected chi connectivity index (χ4v) is 2.32. The van der Waals surface area contributed by atoms with Crippen LogP contribution in [-0.4, -0.2) is 10.2 Å². The van der Waals surface area contributed by atoms with E-state index in [0.29, 0.717) is 11.1 Å². The van der Waals surface area contributed by atoms with Crippen LogP contribution in [0.4, 0.5) is 0 Å². The van der Waals surface area contributed by atoms with Gasteiger partial charge in [-0.2, -0.15) is 0 Å². The predicted molar refractivity (Wildman–Crippen MR) is 65.9 cm³/mol. The van der Waals surface area contributed by atoms with Gasteiger partial charge in [-0.25, -0.2) is 0 Å². The highest BCUT2D eigenvalue weighted by molar-refractivity contribution is 9.10. The maximum atomic E-state index is 5.38. The molecule has 0 fully saturated rings. The molecule has 2 N–H and O–H groups in total. The van der Waals surface area contributed by atoms with E-state index in [1.54, 1.807) is 0 Å². The van der Waals surface area contributed by atoms with Crippen molar-refractivity contribution in [3.63, 3.8) is 0 Å². The fraction of sp³-hybridized carbons (Fsp3) is 0.200. The number of nitrogens with two attached hydrogens (primary N) is 1. The zero-order chi connectivity index (χ0) is 11.4. The molecule has 0 aliphatic heterocycles. The number of halogens is 1. The molecule has 0 spiro atoms. The van der Waals surface area contributed by atoms with Gasteiger partial charge in [0.15, 0.2) is 0 Å². The van der Waals surface area contributed by atoms with Gasteiger partial charge >= 0.3 is 0 Å². The first kappa shape index (κ1) is 11.6. The zero-order valence-corrected chi connectivity index (χ0v) is 10.8. The van der Waals surface area contributed by atoms with Crippen molar-refractivity contribution in [1.82, 2.24) is 10.2 Å². The Morgan fingerprint density at radius 3 is 2.94 bits per heavy atom. The molecular formula is C10H10BrN3OS. The first-order chi connectivity index (χ1) is 7.78. The van der Waals surface area contributed by atoms with E-state index in [1.807, 2.05) is 12.1 Å². The van der Waals surface area contributed by atoms with Gasteiger partial charge in [0.05, 0.1) is 6.54 Å². The average Bonchev–Trinajstić information content (AvgIpc) is 2.74. The van der Waals surface area contributed by atoms with Crippen LogP contribution in [0, 0.1) is 0 Å². The van der Waals surface area contributed by atoms with Crippen LogP contribution in [0.3, 0.4) is 0 Å². The summed E-state index contributed by atoms with van der Waals surface area (Å²) >= 11 is 4.93. The molecule has 0 aliphatic rings. The van der Waals surface area contributed by atoms with E-state index in [1.165, 1.54) is 17.3 Å². The molecule has 0 aliphatic carbocycles. The highest BCUT2D eigenvalue weighted by Crippen LogP contribution is 2.22. The summed E-state index contributed by atoms with van der Waals surface area (Å²) < 4.78 is 6.36. The van der Waals surface area contributed by atoms with Crippen molar-refractivity contribution in [2.45, 2.75) is 17.5 Å². The monoisotopic (exact) mass is 299 g/mol. The van der Waals surface area contributed by atoms with Gasteiger partial charge in [-0.05, 0) is 17.7 Å². The number of benzene rings is 1. The van der Waals surface area contributed by atoms with Gasteiger partial charge in [-0.3, -0.25) is 0 Å². The van der Waals surface area contributed by atoms with E-state index in [0.717, 1.165) is 10.2 Å². The van der Waals surface area contributed by atoms with Gasteiger partial charge in [0.2, 0.25) is 5.89 Å². The summed E-state index contributed by atoms with van der Waals surface area (Å²) in [6.07, 6.45) is 0. The van der Waals surface area contributed by atoms with Gasteiger partial charge in [0, 0.05) is 10.2 Å². The van der Waals surface area contributed by atoms with E-state index >= 15 is 0 Å². The van der Waals surface area contributed by atoms with E-state index in [2.05, 4.69) is 38.3 Å². The molecule has 0 atom stereocenters. The largest absolute Gasteiger partial charge is 0.415 e. The molecule has 84 valence electrons. The van der Waals surface area contributed by atoms with E-state index < -0.39 is 0 Å². The van der Waals surface area contributed by atoms with Gasteiger partial charge in [-0.1, -0.05) is 39.8 Å². The molecule has 0 saturated carbocycles. The Morgan fingerprint density at radius 2 is 2.25 bits per heavy atom. The Bertz CT molecular complexity index is 475. The van der Waals surface area contributed by atoms with Crippen LogP contribution in [0.1, 0.15) is 11.5 Å². The van der Waals surface area contributed by atoms with Crippen molar-refractivity contribution < 1.29 is 4.42 Å². The second kappa shape index (κ2) is 5.47. The van der Waals surface area contributed by atoms with Crippen molar-refractivity contribution in [3.8, 4) is 0 Å². The Kier molecular flexibility index (Phi) is 3.98. The lowest BCUT2D eigenvalue weighted by Crippen LogP contribution is -1.95. The first-order valence-electron chi connectivity index (χ1n) is 4.67. The summed E-state index contributed by atoms with van der Waals surface area (Å²) in [4.78, 5) is 0. The minimum absolute atomic E-state index is 0.282. The first-order valence-corrected chi connectivity index (χ1v) is 6.45. The minimum atomic E-state index is 0.282. The third-order valence-electron chi connectivity index (χ3n) is 1.87. The van der Waals surface area contributed by atoms with E-state index in [9.17, 15) is 0 Å². The Morgan fingerprint density at radius 1 is 1.38 bits per heavy atom. The smallest absolute Gasteiger partial charge is 0.276 e. The number of hydrogen-bond donors (Lipinski definition) is 1. The highest BCUT2D eigenvalue weighted by atomic mass is 79.9. The number of nitrogens with zero attached hydrogens (tertiary/aromatic N) is 2. The van der Waals surface area contributed by atoms with Crippen LogP contribution in [0.25, 0.3) is 0 Å². The van der Waals surface area contributed by atoms with Crippen molar-refractivity contribution >= 4 is 27.7 Å². The predicted octanol–water partition coefficient (Wildman–Crippen LogP) is 2.58. The molecule has 1 heterocycles. The standard InChI is InChI=1S/C10H10BrN3OS/c11-8-3-1-2-7(4-8)6-16-10-14-13-9(5-12)15-10/h1-4H,5-6,12H2.